The molecule has 4 N–H and O–H groups in total. The van der Waals surface area contributed by atoms with E-state index in [1.54, 1.807) is 12.4 Å². The minimum absolute atomic E-state index is 0.233. The molecule has 13 heteroatoms. The number of nitrogens with zero attached hydrogens (tertiary/aromatic N) is 5. The lowest BCUT2D eigenvalue weighted by Crippen LogP contribution is -2.51. The molecule has 1 aliphatic heterocycles. The van der Waals surface area contributed by atoms with E-state index in [1.165, 1.54) is 24.5 Å². The number of halogens is 4. The molecule has 1 aromatic carbocycles. The summed E-state index contributed by atoms with van der Waals surface area (Å²) in [7, 11) is 0. The third kappa shape index (κ3) is 4.10. The highest BCUT2D eigenvalue weighted by molar-refractivity contribution is 6.15. The van der Waals surface area contributed by atoms with E-state index in [4.69, 9.17) is 0 Å². The van der Waals surface area contributed by atoms with Gasteiger partial charge in [-0.25, -0.2) is 24.0 Å². The zero-order valence-corrected chi connectivity index (χ0v) is 19.5. The van der Waals surface area contributed by atoms with Crippen LogP contribution in [0.5, 0.6) is 0 Å². The van der Waals surface area contributed by atoms with E-state index in [9.17, 15) is 17.6 Å². The van der Waals surface area contributed by atoms with Crippen LogP contribution in [0.15, 0.2) is 43.0 Å². The number of alkyl halides is 3. The van der Waals surface area contributed by atoms with Crippen LogP contribution in [0.3, 0.4) is 0 Å². The molecule has 0 unspecified atom stereocenters. The van der Waals surface area contributed by atoms with Gasteiger partial charge in [0.2, 0.25) is 5.95 Å². The SMILES string of the molecule is CCNc1cc(F)cc2c1[nH]c1ncc(-c3cnc(NC4CNC4)nc3)c(-n3ccc(C(F)(F)F)n3)c12. The second kappa shape index (κ2) is 8.69. The number of anilines is 2. The van der Waals surface area contributed by atoms with Crippen molar-refractivity contribution in [3.8, 4) is 16.8 Å². The van der Waals surface area contributed by atoms with E-state index < -0.39 is 17.7 Å². The molecule has 37 heavy (non-hydrogen) atoms. The quantitative estimate of drug-likeness (QED) is 0.251. The Morgan fingerprint density at radius 3 is 2.54 bits per heavy atom. The Hall–Kier alpha value is -4.26. The second-order valence-electron chi connectivity index (χ2n) is 8.71. The van der Waals surface area contributed by atoms with Crippen molar-refractivity contribution < 1.29 is 17.6 Å². The van der Waals surface area contributed by atoms with Crippen LogP contribution in [-0.4, -0.2) is 55.4 Å². The molecule has 190 valence electrons. The molecule has 0 atom stereocenters. The molecule has 0 spiro atoms. The predicted octanol–water partition coefficient (Wildman–Crippen LogP) is 4.33. The maximum Gasteiger partial charge on any atom is 0.435 e. The van der Waals surface area contributed by atoms with Crippen LogP contribution in [0.1, 0.15) is 12.6 Å². The predicted molar refractivity (Wildman–Crippen MR) is 131 cm³/mol. The molecule has 5 heterocycles. The van der Waals surface area contributed by atoms with Crippen LogP contribution in [0.4, 0.5) is 29.2 Å². The van der Waals surface area contributed by atoms with Gasteiger partial charge in [-0.1, -0.05) is 0 Å². The van der Waals surface area contributed by atoms with Gasteiger partial charge in [-0.2, -0.15) is 18.3 Å². The largest absolute Gasteiger partial charge is 0.435 e. The number of benzene rings is 1. The number of H-pyrrole nitrogens is 1. The Kier molecular flexibility index (Phi) is 5.44. The topological polar surface area (TPSA) is 108 Å². The standard InChI is InChI=1S/C24H21F4N9/c1-2-30-17-6-13(25)5-15-19-21(37-4-3-18(36-37)24(26,27)28)16(11-31-22(19)35-20(15)17)12-7-32-23(33-8-12)34-14-9-29-10-14/h3-8,11,14,29-30H,2,9-10H2,1H3,(H,31,35)(H,32,33,34). The number of aromatic nitrogens is 6. The fraction of sp³-hybridized carbons (Fsp3) is 0.250. The molecule has 1 saturated heterocycles. The maximum absolute atomic E-state index is 14.6. The molecule has 0 amide bonds. The average molecular weight is 511 g/mol. The van der Waals surface area contributed by atoms with Crippen LogP contribution >= 0.6 is 0 Å². The Bertz CT molecular complexity index is 1600. The lowest BCUT2D eigenvalue weighted by molar-refractivity contribution is -0.141. The zero-order chi connectivity index (χ0) is 25.7. The summed E-state index contributed by atoms with van der Waals surface area (Å²) in [6, 6.07) is 3.81. The van der Waals surface area contributed by atoms with Gasteiger partial charge in [0.15, 0.2) is 5.69 Å². The fourth-order valence-electron chi connectivity index (χ4n) is 4.40. The highest BCUT2D eigenvalue weighted by atomic mass is 19.4. The number of pyridine rings is 1. The molecule has 0 radical (unpaired) electrons. The molecule has 0 saturated carbocycles. The van der Waals surface area contributed by atoms with Crippen molar-refractivity contribution in [3.63, 3.8) is 0 Å². The molecular formula is C24H21F4N9. The number of nitrogens with one attached hydrogen (secondary N) is 4. The van der Waals surface area contributed by atoms with E-state index in [1.807, 2.05) is 6.92 Å². The Morgan fingerprint density at radius 2 is 1.89 bits per heavy atom. The second-order valence-corrected chi connectivity index (χ2v) is 8.71. The molecule has 4 aromatic heterocycles. The van der Waals surface area contributed by atoms with Crippen molar-refractivity contribution >= 4 is 33.6 Å². The highest BCUT2D eigenvalue weighted by Crippen LogP contribution is 2.39. The maximum atomic E-state index is 14.6. The van der Waals surface area contributed by atoms with Gasteiger partial charge in [0.05, 0.1) is 28.3 Å². The summed E-state index contributed by atoms with van der Waals surface area (Å²) in [5, 5.41) is 14.2. The first-order valence-electron chi connectivity index (χ1n) is 11.6. The molecule has 1 fully saturated rings. The van der Waals surface area contributed by atoms with Crippen molar-refractivity contribution in [1.82, 2.24) is 35.0 Å². The highest BCUT2D eigenvalue weighted by Gasteiger charge is 2.34. The zero-order valence-electron chi connectivity index (χ0n) is 19.5. The fourth-order valence-corrected chi connectivity index (χ4v) is 4.40. The van der Waals surface area contributed by atoms with Gasteiger partial charge in [0, 0.05) is 60.9 Å². The smallest absolute Gasteiger partial charge is 0.384 e. The lowest BCUT2D eigenvalue weighted by atomic mass is 10.0. The minimum Gasteiger partial charge on any atom is -0.384 e. The summed E-state index contributed by atoms with van der Waals surface area (Å²) in [5.41, 5.74) is 1.68. The van der Waals surface area contributed by atoms with Crippen molar-refractivity contribution in [3.05, 3.63) is 54.5 Å². The first-order chi connectivity index (χ1) is 17.8. The van der Waals surface area contributed by atoms with Gasteiger partial charge in [-0.15, -0.1) is 0 Å². The van der Waals surface area contributed by atoms with E-state index in [-0.39, 0.29) is 6.04 Å². The van der Waals surface area contributed by atoms with Gasteiger partial charge >= 0.3 is 6.18 Å². The van der Waals surface area contributed by atoms with Crippen LogP contribution in [0.25, 0.3) is 38.8 Å². The average Bonchev–Trinajstić information content (AvgIpc) is 3.47. The first kappa shape index (κ1) is 23.2. The summed E-state index contributed by atoms with van der Waals surface area (Å²) < 4.78 is 56.1. The minimum atomic E-state index is -4.63. The van der Waals surface area contributed by atoms with E-state index in [0.717, 1.165) is 23.8 Å². The van der Waals surface area contributed by atoms with Gasteiger partial charge < -0.3 is 20.9 Å². The number of hydrogen-bond acceptors (Lipinski definition) is 7. The summed E-state index contributed by atoms with van der Waals surface area (Å²) in [4.78, 5) is 16.4. The Balaban J connectivity index is 1.58. The monoisotopic (exact) mass is 511 g/mol. The molecule has 1 aliphatic rings. The van der Waals surface area contributed by atoms with Crippen molar-refractivity contribution in [1.29, 1.82) is 0 Å². The Labute approximate surface area is 207 Å². The van der Waals surface area contributed by atoms with E-state index >= 15 is 0 Å². The summed E-state index contributed by atoms with van der Waals surface area (Å²) in [6.45, 7) is 4.04. The van der Waals surface area contributed by atoms with Crippen molar-refractivity contribution in [2.24, 2.45) is 0 Å². The van der Waals surface area contributed by atoms with Crippen molar-refractivity contribution in [2.75, 3.05) is 30.3 Å². The summed E-state index contributed by atoms with van der Waals surface area (Å²) >= 11 is 0. The number of rotatable bonds is 6. The first-order valence-corrected chi connectivity index (χ1v) is 11.6. The van der Waals surface area contributed by atoms with Crippen LogP contribution in [0, 0.1) is 5.82 Å². The number of aromatic amines is 1. The van der Waals surface area contributed by atoms with Crippen LogP contribution in [0.2, 0.25) is 0 Å². The van der Waals surface area contributed by atoms with Crippen molar-refractivity contribution in [2.45, 2.75) is 19.1 Å². The molecule has 6 rings (SSSR count). The van der Waals surface area contributed by atoms with Gasteiger partial charge in [-0.3, -0.25) is 0 Å². The molecule has 5 aromatic rings. The van der Waals surface area contributed by atoms with Gasteiger partial charge in [-0.05, 0) is 25.1 Å². The summed E-state index contributed by atoms with van der Waals surface area (Å²) in [6.07, 6.45) is 1.26. The molecular weight excluding hydrogens is 490 g/mol. The normalized spacial score (nSPS) is 14.3. The Morgan fingerprint density at radius 1 is 1.11 bits per heavy atom. The molecule has 0 aliphatic carbocycles. The lowest BCUT2D eigenvalue weighted by Gasteiger charge is -2.27. The van der Waals surface area contributed by atoms with E-state index in [0.29, 0.717) is 56.9 Å². The number of fused-ring (bicyclic) bond motifs is 3. The summed E-state index contributed by atoms with van der Waals surface area (Å²) in [5.74, 6) is -0.0601. The number of hydrogen-bond donors (Lipinski definition) is 4. The molecule has 0 bridgehead atoms. The molecule has 9 nitrogen and oxygen atoms in total. The van der Waals surface area contributed by atoms with Crippen LogP contribution in [-0.2, 0) is 6.18 Å². The van der Waals surface area contributed by atoms with E-state index in [2.05, 4.69) is 41.0 Å². The van der Waals surface area contributed by atoms with Gasteiger partial charge in [0.25, 0.3) is 0 Å². The third-order valence-corrected chi connectivity index (χ3v) is 6.22. The third-order valence-electron chi connectivity index (χ3n) is 6.22. The van der Waals surface area contributed by atoms with Crippen LogP contribution < -0.4 is 16.0 Å². The van der Waals surface area contributed by atoms with Gasteiger partial charge in [0.1, 0.15) is 11.5 Å².